The standard InChI is InChI=1S/C25H26O8/c1-5-24-23(10-30-23)25(29-4)22(33-24)21(31-24)15-11(2)9-13-17(20(15)32-25)18(27)16-12(19(13)28-3)7-6-8-14(16)26/h9,21-22,27H,5-8,10H2,1-4H3/t21?,22?,23-,24?,25-/m1/s1. The number of epoxide rings is 1. The van der Waals surface area contributed by atoms with Gasteiger partial charge in [-0.25, -0.2) is 0 Å². The van der Waals surface area contributed by atoms with Crippen LogP contribution in [-0.2, 0) is 25.4 Å². The van der Waals surface area contributed by atoms with Crippen molar-refractivity contribution >= 4 is 16.6 Å². The third kappa shape index (κ3) is 1.95. The number of methoxy groups -OCH3 is 2. The minimum absolute atomic E-state index is 0.0720. The largest absolute Gasteiger partial charge is 0.506 e. The van der Waals surface area contributed by atoms with E-state index in [1.807, 2.05) is 19.9 Å². The lowest BCUT2D eigenvalue weighted by Gasteiger charge is -2.48. The van der Waals surface area contributed by atoms with Crippen LogP contribution in [0, 0.1) is 6.92 Å². The highest BCUT2D eigenvalue weighted by Crippen LogP contribution is 2.71. The summed E-state index contributed by atoms with van der Waals surface area (Å²) in [6.07, 6.45) is 1.40. The lowest BCUT2D eigenvalue weighted by molar-refractivity contribution is -0.289. The van der Waals surface area contributed by atoms with Crippen LogP contribution in [0.15, 0.2) is 6.07 Å². The summed E-state index contributed by atoms with van der Waals surface area (Å²) in [5.74, 6) is -1.30. The molecule has 2 aromatic carbocycles. The Balaban J connectivity index is 1.58. The number of aromatic hydroxyl groups is 1. The summed E-state index contributed by atoms with van der Waals surface area (Å²) in [4.78, 5) is 12.9. The van der Waals surface area contributed by atoms with Crippen molar-refractivity contribution in [1.82, 2.24) is 0 Å². The molecule has 4 heterocycles. The van der Waals surface area contributed by atoms with Crippen LogP contribution < -0.4 is 9.47 Å². The van der Waals surface area contributed by atoms with Gasteiger partial charge in [-0.3, -0.25) is 4.79 Å². The van der Waals surface area contributed by atoms with Crippen LogP contribution in [0.1, 0.15) is 59.3 Å². The third-order valence-corrected chi connectivity index (χ3v) is 8.34. The van der Waals surface area contributed by atoms with Crippen LogP contribution in [0.5, 0.6) is 17.2 Å². The molecule has 4 aliphatic heterocycles. The molecule has 2 aromatic rings. The molecule has 8 nitrogen and oxygen atoms in total. The van der Waals surface area contributed by atoms with Gasteiger partial charge in [0.05, 0.1) is 24.7 Å². The Morgan fingerprint density at radius 2 is 2.03 bits per heavy atom. The Labute approximate surface area is 190 Å². The monoisotopic (exact) mass is 454 g/mol. The molecule has 174 valence electrons. The molecular formula is C25H26O8. The first-order valence-corrected chi connectivity index (χ1v) is 11.5. The topological polar surface area (TPSA) is 96.0 Å². The molecule has 0 saturated carbocycles. The number of phenols is 1. The molecule has 1 spiro atoms. The molecule has 5 atom stereocenters. The van der Waals surface area contributed by atoms with Gasteiger partial charge in [-0.1, -0.05) is 6.92 Å². The fourth-order valence-corrected chi connectivity index (χ4v) is 6.84. The van der Waals surface area contributed by atoms with Crippen molar-refractivity contribution in [2.45, 2.75) is 68.9 Å². The van der Waals surface area contributed by atoms with Gasteiger partial charge in [-0.2, -0.15) is 0 Å². The molecule has 0 radical (unpaired) electrons. The lowest BCUT2D eigenvalue weighted by Crippen LogP contribution is -2.67. The van der Waals surface area contributed by atoms with Crippen molar-refractivity contribution in [3.05, 3.63) is 28.3 Å². The highest BCUT2D eigenvalue weighted by Gasteiger charge is 2.90. The second-order valence-corrected chi connectivity index (χ2v) is 9.64. The van der Waals surface area contributed by atoms with E-state index in [9.17, 15) is 9.90 Å². The van der Waals surface area contributed by atoms with Crippen molar-refractivity contribution in [1.29, 1.82) is 0 Å². The highest BCUT2D eigenvalue weighted by molar-refractivity contribution is 6.11. The molecule has 33 heavy (non-hydrogen) atoms. The van der Waals surface area contributed by atoms with Crippen LogP contribution in [0.25, 0.3) is 10.8 Å². The van der Waals surface area contributed by atoms with Gasteiger partial charge in [0.2, 0.25) is 11.4 Å². The number of hydrogen-bond donors (Lipinski definition) is 1. The Morgan fingerprint density at radius 1 is 1.24 bits per heavy atom. The molecule has 3 saturated heterocycles. The van der Waals surface area contributed by atoms with Gasteiger partial charge >= 0.3 is 0 Å². The fourth-order valence-electron chi connectivity index (χ4n) is 6.84. The smallest absolute Gasteiger partial charge is 0.276 e. The van der Waals surface area contributed by atoms with Gasteiger partial charge in [0, 0.05) is 36.5 Å². The van der Waals surface area contributed by atoms with Crippen molar-refractivity contribution in [2.24, 2.45) is 0 Å². The summed E-state index contributed by atoms with van der Waals surface area (Å²) in [5, 5.41) is 12.6. The summed E-state index contributed by atoms with van der Waals surface area (Å²) in [5.41, 5.74) is 1.92. The minimum Gasteiger partial charge on any atom is -0.506 e. The van der Waals surface area contributed by atoms with Crippen LogP contribution >= 0.6 is 0 Å². The number of ether oxygens (including phenoxy) is 6. The SMILES string of the molecule is CCC12OC3c4c(C)cc5c(OC)c6c(c(O)c5c4O[C@](OC)(C3O1)[C@@]21CO1)C(=O)CCC6. The number of fused-ring (bicyclic) bond motifs is 8. The first kappa shape index (κ1) is 20.0. The summed E-state index contributed by atoms with van der Waals surface area (Å²) in [6.45, 7) is 4.37. The first-order chi connectivity index (χ1) is 15.9. The predicted molar refractivity (Wildman–Crippen MR) is 115 cm³/mol. The maximum Gasteiger partial charge on any atom is 0.276 e. The number of phenolic OH excluding ortho intramolecular Hbond substituents is 1. The normalized spacial score (nSPS) is 37.3. The van der Waals surface area contributed by atoms with Gasteiger partial charge in [-0.15, -0.1) is 0 Å². The Morgan fingerprint density at radius 3 is 2.70 bits per heavy atom. The predicted octanol–water partition coefficient (Wildman–Crippen LogP) is 3.46. The van der Waals surface area contributed by atoms with Crippen molar-refractivity contribution in [3.63, 3.8) is 0 Å². The zero-order valence-electron chi connectivity index (χ0n) is 19.1. The zero-order chi connectivity index (χ0) is 22.9. The van der Waals surface area contributed by atoms with E-state index >= 15 is 0 Å². The van der Waals surface area contributed by atoms with E-state index in [-0.39, 0.29) is 11.5 Å². The summed E-state index contributed by atoms with van der Waals surface area (Å²) < 4.78 is 37.5. The number of hydrogen-bond acceptors (Lipinski definition) is 8. The van der Waals surface area contributed by atoms with Gasteiger partial charge in [0.25, 0.3) is 5.79 Å². The molecule has 0 aromatic heterocycles. The fraction of sp³-hybridized carbons (Fsp3) is 0.560. The average molecular weight is 454 g/mol. The molecule has 5 aliphatic rings. The quantitative estimate of drug-likeness (QED) is 0.705. The van der Waals surface area contributed by atoms with Crippen LogP contribution in [-0.4, -0.2) is 55.0 Å². The second-order valence-electron chi connectivity index (χ2n) is 9.64. The molecule has 7 rings (SSSR count). The summed E-state index contributed by atoms with van der Waals surface area (Å²) in [7, 11) is 3.18. The Hall–Kier alpha value is -2.39. The molecule has 3 fully saturated rings. The van der Waals surface area contributed by atoms with E-state index in [1.165, 1.54) is 0 Å². The minimum atomic E-state index is -1.22. The van der Waals surface area contributed by atoms with E-state index in [4.69, 9.17) is 28.4 Å². The van der Waals surface area contributed by atoms with Crippen LogP contribution in [0.4, 0.5) is 0 Å². The highest BCUT2D eigenvalue weighted by atomic mass is 16.9. The van der Waals surface area contributed by atoms with E-state index in [1.54, 1.807) is 14.2 Å². The maximum absolute atomic E-state index is 12.9. The van der Waals surface area contributed by atoms with Gasteiger partial charge in [-0.05, 0) is 31.4 Å². The van der Waals surface area contributed by atoms with Crippen molar-refractivity contribution in [2.75, 3.05) is 20.8 Å². The third-order valence-electron chi connectivity index (χ3n) is 8.34. The number of rotatable bonds is 3. The van der Waals surface area contributed by atoms with Gasteiger partial charge in [0.1, 0.15) is 23.4 Å². The number of carbonyl (C=O) groups excluding carboxylic acids is 1. The van der Waals surface area contributed by atoms with E-state index in [0.717, 1.165) is 23.1 Å². The number of carbonyl (C=O) groups is 1. The lowest BCUT2D eigenvalue weighted by atomic mass is 9.78. The van der Waals surface area contributed by atoms with Crippen LogP contribution in [0.2, 0.25) is 0 Å². The van der Waals surface area contributed by atoms with E-state index in [0.29, 0.717) is 53.7 Å². The molecule has 1 aliphatic carbocycles. The molecule has 1 N–H and O–H groups in total. The number of Topliss-reactive ketones (excluding diaryl/α,β-unsaturated/α-hetero) is 1. The van der Waals surface area contributed by atoms with Gasteiger partial charge in [0.15, 0.2) is 11.9 Å². The molecule has 3 unspecified atom stereocenters. The molecule has 2 bridgehead atoms. The number of benzene rings is 2. The molecular weight excluding hydrogens is 428 g/mol. The molecule has 8 heteroatoms. The first-order valence-electron chi connectivity index (χ1n) is 11.5. The maximum atomic E-state index is 12.9. The molecule has 0 amide bonds. The number of aryl methyl sites for hydroxylation is 1. The Kier molecular flexibility index (Phi) is 3.63. The van der Waals surface area contributed by atoms with Gasteiger partial charge < -0.3 is 33.5 Å². The summed E-state index contributed by atoms with van der Waals surface area (Å²) >= 11 is 0. The Bertz CT molecular complexity index is 1260. The zero-order valence-corrected chi connectivity index (χ0v) is 19.1. The van der Waals surface area contributed by atoms with Crippen molar-refractivity contribution in [3.8, 4) is 17.2 Å². The number of ketones is 1. The van der Waals surface area contributed by atoms with Crippen molar-refractivity contribution < 1.29 is 38.3 Å². The second kappa shape index (κ2) is 5.99. The summed E-state index contributed by atoms with van der Waals surface area (Å²) in [6, 6.07) is 1.98. The van der Waals surface area contributed by atoms with E-state index < -0.39 is 29.4 Å². The van der Waals surface area contributed by atoms with E-state index in [2.05, 4.69) is 0 Å². The average Bonchev–Trinajstić information content (AvgIpc) is 3.47. The van der Waals surface area contributed by atoms with Crippen LogP contribution in [0.3, 0.4) is 0 Å².